The molecule has 1 unspecified atom stereocenters. The van der Waals surface area contributed by atoms with Crippen LogP contribution in [0.25, 0.3) is 0 Å². The van der Waals surface area contributed by atoms with Crippen molar-refractivity contribution >= 4 is 0 Å². The van der Waals surface area contributed by atoms with Gasteiger partial charge in [0.15, 0.2) is 0 Å². The summed E-state index contributed by atoms with van der Waals surface area (Å²) in [5.74, 6) is 6.17. The number of hydrogen-bond donors (Lipinski definition) is 1. The largest absolute Gasteiger partial charge is 0.393 e. The number of allylic oxidation sites excluding steroid dienone is 2. The molecule has 0 aromatic heterocycles. The second-order valence-corrected chi connectivity index (χ2v) is 14.0. The van der Waals surface area contributed by atoms with Crippen LogP contribution < -0.4 is 0 Å². The van der Waals surface area contributed by atoms with E-state index in [2.05, 4.69) is 46.8 Å². The number of hydrogen-bond acceptors (Lipinski definition) is 1. The first-order valence-corrected chi connectivity index (χ1v) is 15.7. The van der Waals surface area contributed by atoms with E-state index in [4.69, 9.17) is 0 Å². The molecule has 0 aromatic carbocycles. The van der Waals surface area contributed by atoms with E-state index in [1.165, 1.54) is 89.9 Å². The van der Waals surface area contributed by atoms with Crippen LogP contribution in [0.4, 0.5) is 0 Å². The molecule has 0 saturated heterocycles. The van der Waals surface area contributed by atoms with Gasteiger partial charge in [-0.3, -0.25) is 0 Å². The summed E-state index contributed by atoms with van der Waals surface area (Å²) in [5, 5.41) is 10.3. The second kappa shape index (κ2) is 11.4. The third kappa shape index (κ3) is 5.21. The summed E-state index contributed by atoms with van der Waals surface area (Å²) < 4.78 is 0. The Morgan fingerprint density at radius 3 is 2.24 bits per heavy atom. The highest BCUT2D eigenvalue weighted by atomic mass is 16.3. The number of aliphatic hydroxyl groups excluding tert-OH is 1. The summed E-state index contributed by atoms with van der Waals surface area (Å²) >= 11 is 0. The van der Waals surface area contributed by atoms with Crippen molar-refractivity contribution in [3.63, 3.8) is 0 Å². The maximum absolute atomic E-state index is 10.3. The van der Waals surface area contributed by atoms with E-state index in [-0.39, 0.29) is 6.10 Å². The fourth-order valence-corrected chi connectivity index (χ4v) is 10.1. The lowest BCUT2D eigenvalue weighted by molar-refractivity contribution is -0.128. The van der Waals surface area contributed by atoms with E-state index in [1.54, 1.807) is 0 Å². The van der Waals surface area contributed by atoms with Crippen LogP contribution in [0.15, 0.2) is 12.2 Å². The van der Waals surface area contributed by atoms with Gasteiger partial charge in [-0.1, -0.05) is 85.3 Å². The minimum Gasteiger partial charge on any atom is -0.393 e. The SMILES string of the molecule is CCCCC(C/C=C/[C@@H](C)[C@H]1CC[C@H]2[C@@H]3CCC4C[C@@H](O)CC[C@]4(C)[C@H]3CC[C@]12C)CCCC. The van der Waals surface area contributed by atoms with Crippen LogP contribution in [0.2, 0.25) is 0 Å². The van der Waals surface area contributed by atoms with Gasteiger partial charge in [0.2, 0.25) is 0 Å². The summed E-state index contributed by atoms with van der Waals surface area (Å²) in [6.45, 7) is 12.6. The Bertz CT molecular complexity index is 659. The molecule has 1 heteroatoms. The van der Waals surface area contributed by atoms with Gasteiger partial charge in [-0.25, -0.2) is 0 Å². The van der Waals surface area contributed by atoms with E-state index in [9.17, 15) is 5.11 Å². The van der Waals surface area contributed by atoms with Crippen LogP contribution >= 0.6 is 0 Å². The second-order valence-electron chi connectivity index (χ2n) is 14.0. The van der Waals surface area contributed by atoms with Crippen molar-refractivity contribution in [2.75, 3.05) is 0 Å². The van der Waals surface area contributed by atoms with Gasteiger partial charge in [0.25, 0.3) is 0 Å². The summed E-state index contributed by atoms with van der Waals surface area (Å²) in [4.78, 5) is 0. The first-order chi connectivity index (χ1) is 16.3. The van der Waals surface area contributed by atoms with Crippen molar-refractivity contribution in [2.24, 2.45) is 52.3 Å². The Labute approximate surface area is 212 Å². The Morgan fingerprint density at radius 2 is 1.53 bits per heavy atom. The zero-order valence-corrected chi connectivity index (χ0v) is 23.5. The van der Waals surface area contributed by atoms with E-state index in [0.717, 1.165) is 54.3 Å². The fraction of sp³-hybridized carbons (Fsp3) is 0.939. The molecule has 0 aliphatic heterocycles. The summed E-state index contributed by atoms with van der Waals surface area (Å²) in [7, 11) is 0. The third-order valence-electron chi connectivity index (χ3n) is 12.2. The maximum atomic E-state index is 10.3. The molecule has 9 atom stereocenters. The van der Waals surface area contributed by atoms with Gasteiger partial charge in [0, 0.05) is 0 Å². The quantitative estimate of drug-likeness (QED) is 0.315. The summed E-state index contributed by atoms with van der Waals surface area (Å²) in [6, 6.07) is 0. The topological polar surface area (TPSA) is 20.2 Å². The molecule has 0 amide bonds. The number of aliphatic hydroxyl groups is 1. The van der Waals surface area contributed by atoms with Crippen molar-refractivity contribution in [3.05, 3.63) is 12.2 Å². The normalized spacial score (nSPS) is 43.0. The van der Waals surface area contributed by atoms with E-state index >= 15 is 0 Å². The standard InChI is InChI=1S/C33H58O/c1-6-8-12-25(13-9-7-2)14-10-11-24(3)29-17-18-30-28-16-15-26-23-27(34)19-21-32(26,4)31(28)20-22-33(29,30)5/h10-11,24-31,34H,6-9,12-23H2,1-5H3/b11-10+/t24-,26?,27+,28+,29-,30+,31+,32+,33-/m1/s1. The fourth-order valence-electron chi connectivity index (χ4n) is 10.1. The molecule has 4 fully saturated rings. The summed E-state index contributed by atoms with van der Waals surface area (Å²) in [5.41, 5.74) is 1.07. The van der Waals surface area contributed by atoms with Gasteiger partial charge in [0.05, 0.1) is 6.10 Å². The Balaban J connectivity index is 1.39. The molecule has 1 N–H and O–H groups in total. The van der Waals surface area contributed by atoms with Crippen LogP contribution in [0, 0.1) is 52.3 Å². The molecule has 34 heavy (non-hydrogen) atoms. The van der Waals surface area contributed by atoms with Crippen molar-refractivity contribution in [1.82, 2.24) is 0 Å². The molecular weight excluding hydrogens is 412 g/mol. The highest BCUT2D eigenvalue weighted by molar-refractivity contribution is 5.11. The van der Waals surface area contributed by atoms with Crippen LogP contribution in [0.5, 0.6) is 0 Å². The monoisotopic (exact) mass is 470 g/mol. The molecule has 0 spiro atoms. The van der Waals surface area contributed by atoms with Crippen LogP contribution in [-0.4, -0.2) is 11.2 Å². The predicted molar refractivity (Wildman–Crippen MR) is 147 cm³/mol. The molecule has 4 aliphatic carbocycles. The van der Waals surface area contributed by atoms with E-state index < -0.39 is 0 Å². The average Bonchev–Trinajstić information content (AvgIpc) is 3.18. The first-order valence-electron chi connectivity index (χ1n) is 15.7. The van der Waals surface area contributed by atoms with Crippen LogP contribution in [0.3, 0.4) is 0 Å². The average molecular weight is 471 g/mol. The molecule has 0 aromatic rings. The van der Waals surface area contributed by atoms with Gasteiger partial charge in [0.1, 0.15) is 0 Å². The number of fused-ring (bicyclic) bond motifs is 5. The first kappa shape index (κ1) is 26.8. The van der Waals surface area contributed by atoms with Gasteiger partial charge < -0.3 is 5.11 Å². The zero-order valence-electron chi connectivity index (χ0n) is 23.5. The molecule has 1 nitrogen and oxygen atoms in total. The van der Waals surface area contributed by atoms with Crippen LogP contribution in [-0.2, 0) is 0 Å². The Kier molecular flexibility index (Phi) is 8.97. The van der Waals surface area contributed by atoms with E-state index in [0.29, 0.717) is 10.8 Å². The lowest BCUT2D eigenvalue weighted by atomic mass is 9.44. The minimum atomic E-state index is -0.0180. The number of unbranched alkanes of at least 4 members (excludes halogenated alkanes) is 2. The predicted octanol–water partition coefficient (Wildman–Crippen LogP) is 9.59. The summed E-state index contributed by atoms with van der Waals surface area (Å²) in [6.07, 6.45) is 27.0. The van der Waals surface area contributed by atoms with Gasteiger partial charge in [-0.2, -0.15) is 0 Å². The molecule has 196 valence electrons. The minimum absolute atomic E-state index is 0.0180. The molecular formula is C33H58O. The van der Waals surface area contributed by atoms with Crippen molar-refractivity contribution < 1.29 is 5.11 Å². The highest BCUT2D eigenvalue weighted by Gasteiger charge is 2.60. The third-order valence-corrected chi connectivity index (χ3v) is 12.2. The van der Waals surface area contributed by atoms with Crippen molar-refractivity contribution in [2.45, 2.75) is 143 Å². The number of rotatable bonds is 10. The molecule has 0 radical (unpaired) electrons. The zero-order chi connectivity index (χ0) is 24.3. The van der Waals surface area contributed by atoms with Crippen molar-refractivity contribution in [1.29, 1.82) is 0 Å². The lowest BCUT2D eigenvalue weighted by Gasteiger charge is -2.61. The molecule has 4 rings (SSSR count). The Morgan fingerprint density at radius 1 is 0.853 bits per heavy atom. The van der Waals surface area contributed by atoms with Gasteiger partial charge in [-0.05, 0) is 116 Å². The van der Waals surface area contributed by atoms with E-state index in [1.807, 2.05) is 0 Å². The molecule has 0 heterocycles. The molecule has 4 aliphatic rings. The lowest BCUT2D eigenvalue weighted by Crippen LogP contribution is -2.54. The van der Waals surface area contributed by atoms with Crippen molar-refractivity contribution in [3.8, 4) is 0 Å². The van der Waals surface area contributed by atoms with Crippen LogP contribution in [0.1, 0.15) is 137 Å². The van der Waals surface area contributed by atoms with Gasteiger partial charge in [-0.15, -0.1) is 0 Å². The Hall–Kier alpha value is -0.300. The molecule has 4 saturated carbocycles. The maximum Gasteiger partial charge on any atom is 0.0543 e. The molecule has 0 bridgehead atoms. The van der Waals surface area contributed by atoms with Gasteiger partial charge >= 0.3 is 0 Å². The smallest absolute Gasteiger partial charge is 0.0543 e. The highest BCUT2D eigenvalue weighted by Crippen LogP contribution is 2.68.